The summed E-state index contributed by atoms with van der Waals surface area (Å²) in [6.45, 7) is 7.47. The number of nitrogens with zero attached hydrogens (tertiary/aromatic N) is 4. The molecule has 0 bridgehead atoms. The van der Waals surface area contributed by atoms with Gasteiger partial charge in [0, 0.05) is 51.7 Å². The van der Waals surface area contributed by atoms with Gasteiger partial charge < -0.3 is 14.5 Å². The summed E-state index contributed by atoms with van der Waals surface area (Å²) in [4.78, 5) is 36.4. The van der Waals surface area contributed by atoms with Crippen molar-refractivity contribution < 1.29 is 14.3 Å². The number of amides is 3. The lowest BCUT2D eigenvalue weighted by Crippen LogP contribution is -2.58. The number of likely N-dealkylation sites (tertiary alicyclic amines) is 1. The fraction of sp³-hybridized carbons (Fsp3) is 0.682. The summed E-state index contributed by atoms with van der Waals surface area (Å²) in [5.41, 5.74) is 0.424. The van der Waals surface area contributed by atoms with Crippen molar-refractivity contribution >= 4 is 11.9 Å². The summed E-state index contributed by atoms with van der Waals surface area (Å²) < 4.78 is 5.23. The van der Waals surface area contributed by atoms with Gasteiger partial charge in [0.2, 0.25) is 0 Å². The molecular formula is C22H34N4O3. The maximum absolute atomic E-state index is 13.4. The van der Waals surface area contributed by atoms with E-state index >= 15 is 0 Å². The van der Waals surface area contributed by atoms with Crippen LogP contribution in [0.25, 0.3) is 0 Å². The Labute approximate surface area is 174 Å². The Morgan fingerprint density at radius 1 is 1.24 bits per heavy atom. The van der Waals surface area contributed by atoms with Crippen LogP contribution in [-0.2, 0) is 16.0 Å². The quantitative estimate of drug-likeness (QED) is 0.594. The first-order valence-corrected chi connectivity index (χ1v) is 10.8. The topological polar surface area (TPSA) is 66.0 Å². The van der Waals surface area contributed by atoms with Crippen molar-refractivity contribution in [1.29, 1.82) is 0 Å². The van der Waals surface area contributed by atoms with Crippen LogP contribution in [0.1, 0.15) is 45.1 Å². The van der Waals surface area contributed by atoms with Crippen molar-refractivity contribution in [2.24, 2.45) is 0 Å². The minimum Gasteiger partial charge on any atom is -0.383 e. The predicted octanol–water partition coefficient (Wildman–Crippen LogP) is 2.56. The average Bonchev–Trinajstić information content (AvgIpc) is 2.94. The molecule has 0 unspecified atom stereocenters. The number of carbonyl (C=O) groups excluding carboxylic acids is 2. The molecule has 0 saturated carbocycles. The normalized spacial score (nSPS) is 20.7. The van der Waals surface area contributed by atoms with E-state index in [1.54, 1.807) is 18.2 Å². The van der Waals surface area contributed by atoms with Crippen molar-refractivity contribution in [3.8, 4) is 0 Å². The number of piperidine rings is 1. The van der Waals surface area contributed by atoms with Crippen LogP contribution in [0, 0.1) is 0 Å². The highest BCUT2D eigenvalue weighted by Crippen LogP contribution is 2.38. The maximum Gasteiger partial charge on any atom is 0.327 e. The molecular weight excluding hydrogens is 368 g/mol. The maximum atomic E-state index is 13.4. The molecule has 1 aromatic heterocycles. The second-order valence-electron chi connectivity index (χ2n) is 8.17. The highest BCUT2D eigenvalue weighted by molar-refractivity contribution is 6.07. The minimum absolute atomic E-state index is 0.0198. The van der Waals surface area contributed by atoms with Crippen LogP contribution >= 0.6 is 0 Å². The molecule has 3 amide bonds. The summed E-state index contributed by atoms with van der Waals surface area (Å²) in [5, 5.41) is 0. The second kappa shape index (κ2) is 9.67. The third kappa shape index (κ3) is 4.46. The Morgan fingerprint density at radius 3 is 2.62 bits per heavy atom. The summed E-state index contributed by atoms with van der Waals surface area (Å²) in [6, 6.07) is 4.28. The number of imide groups is 1. The first kappa shape index (κ1) is 21.7. The zero-order chi connectivity index (χ0) is 20.9. The molecule has 1 atom stereocenters. The molecule has 0 aromatic carbocycles. The highest BCUT2D eigenvalue weighted by atomic mass is 16.5. The van der Waals surface area contributed by atoms with Gasteiger partial charge in [-0.1, -0.05) is 13.0 Å². The summed E-state index contributed by atoms with van der Waals surface area (Å²) in [5.74, 6) is -0.0198. The SMILES string of the molecule is CC[C@H](C)N1CCC2(CC1)C(=O)N(CCCc1cccnc1)C(=O)N2CCOC. The van der Waals surface area contributed by atoms with Crippen molar-refractivity contribution in [2.75, 3.05) is 39.9 Å². The lowest BCUT2D eigenvalue weighted by atomic mass is 9.85. The number of pyridine rings is 1. The van der Waals surface area contributed by atoms with E-state index in [0.29, 0.717) is 38.6 Å². The zero-order valence-corrected chi connectivity index (χ0v) is 18.0. The number of carbonyl (C=O) groups is 2. The second-order valence-corrected chi connectivity index (χ2v) is 8.17. The summed E-state index contributed by atoms with van der Waals surface area (Å²) >= 11 is 0. The van der Waals surface area contributed by atoms with E-state index in [1.165, 1.54) is 4.90 Å². The average molecular weight is 403 g/mol. The fourth-order valence-corrected chi connectivity index (χ4v) is 4.54. The van der Waals surface area contributed by atoms with E-state index in [9.17, 15) is 9.59 Å². The summed E-state index contributed by atoms with van der Waals surface area (Å²) in [6.07, 6.45) is 7.63. The van der Waals surface area contributed by atoms with E-state index in [4.69, 9.17) is 4.74 Å². The smallest absolute Gasteiger partial charge is 0.327 e. The number of aryl methyl sites for hydroxylation is 1. The van der Waals surface area contributed by atoms with Gasteiger partial charge in [0.05, 0.1) is 6.61 Å². The van der Waals surface area contributed by atoms with Crippen LogP contribution in [0.4, 0.5) is 4.79 Å². The third-order valence-electron chi connectivity index (χ3n) is 6.55. The molecule has 2 fully saturated rings. The van der Waals surface area contributed by atoms with Gasteiger partial charge in [-0.3, -0.25) is 14.7 Å². The van der Waals surface area contributed by atoms with Gasteiger partial charge in [-0.2, -0.15) is 0 Å². The number of rotatable bonds is 9. The Hall–Kier alpha value is -1.99. The van der Waals surface area contributed by atoms with Crippen molar-refractivity contribution in [2.45, 2.75) is 57.5 Å². The molecule has 2 aliphatic rings. The van der Waals surface area contributed by atoms with Crippen LogP contribution in [0.2, 0.25) is 0 Å². The molecule has 7 heteroatoms. The van der Waals surface area contributed by atoms with Crippen LogP contribution in [0.5, 0.6) is 0 Å². The van der Waals surface area contributed by atoms with Gasteiger partial charge >= 0.3 is 6.03 Å². The molecule has 2 aliphatic heterocycles. The predicted molar refractivity (Wildman–Crippen MR) is 112 cm³/mol. The molecule has 3 heterocycles. The lowest BCUT2D eigenvalue weighted by Gasteiger charge is -2.43. The lowest BCUT2D eigenvalue weighted by molar-refractivity contribution is -0.136. The number of urea groups is 1. The van der Waals surface area contributed by atoms with Gasteiger partial charge in [-0.05, 0) is 50.7 Å². The Morgan fingerprint density at radius 2 is 2.00 bits per heavy atom. The number of hydrogen-bond donors (Lipinski definition) is 0. The molecule has 2 saturated heterocycles. The molecule has 7 nitrogen and oxygen atoms in total. The molecule has 29 heavy (non-hydrogen) atoms. The largest absolute Gasteiger partial charge is 0.383 e. The highest BCUT2D eigenvalue weighted by Gasteiger charge is 2.57. The minimum atomic E-state index is -0.701. The molecule has 160 valence electrons. The zero-order valence-electron chi connectivity index (χ0n) is 18.0. The standard InChI is InChI=1S/C22H34N4O3/c1-4-18(2)24-13-9-22(10-14-24)20(27)25(21(28)26(22)15-16-29-3)12-6-8-19-7-5-11-23-17-19/h5,7,11,17-18H,4,6,8-10,12-16H2,1-3H3/t18-/m0/s1. The van der Waals surface area contributed by atoms with Crippen molar-refractivity contribution in [3.63, 3.8) is 0 Å². The first-order chi connectivity index (χ1) is 14.0. The number of hydrogen-bond acceptors (Lipinski definition) is 5. The van der Waals surface area contributed by atoms with Gasteiger partial charge in [-0.15, -0.1) is 0 Å². The molecule has 1 spiro atoms. The van der Waals surface area contributed by atoms with Crippen LogP contribution in [0.15, 0.2) is 24.5 Å². The molecule has 0 N–H and O–H groups in total. The van der Waals surface area contributed by atoms with Crippen LogP contribution in [-0.4, -0.2) is 83.1 Å². The monoisotopic (exact) mass is 402 g/mol. The van der Waals surface area contributed by atoms with Crippen molar-refractivity contribution in [1.82, 2.24) is 19.7 Å². The Kier molecular flexibility index (Phi) is 7.24. The van der Waals surface area contributed by atoms with E-state index < -0.39 is 5.54 Å². The van der Waals surface area contributed by atoms with Gasteiger partial charge in [-0.25, -0.2) is 4.79 Å². The van der Waals surface area contributed by atoms with Crippen LogP contribution in [0.3, 0.4) is 0 Å². The number of aromatic nitrogens is 1. The molecule has 0 aliphatic carbocycles. The molecule has 3 rings (SSSR count). The van der Waals surface area contributed by atoms with E-state index in [-0.39, 0.29) is 11.9 Å². The van der Waals surface area contributed by atoms with E-state index in [2.05, 4.69) is 23.7 Å². The Balaban J connectivity index is 1.69. The number of ether oxygens (including phenoxy) is 1. The van der Waals surface area contributed by atoms with Crippen molar-refractivity contribution in [3.05, 3.63) is 30.1 Å². The molecule has 0 radical (unpaired) electrons. The fourth-order valence-electron chi connectivity index (χ4n) is 4.54. The van der Waals surface area contributed by atoms with Gasteiger partial charge in [0.25, 0.3) is 5.91 Å². The van der Waals surface area contributed by atoms with Gasteiger partial charge in [0.1, 0.15) is 5.54 Å². The van der Waals surface area contributed by atoms with Crippen LogP contribution < -0.4 is 0 Å². The van der Waals surface area contributed by atoms with E-state index in [0.717, 1.165) is 37.9 Å². The van der Waals surface area contributed by atoms with E-state index in [1.807, 2.05) is 18.3 Å². The van der Waals surface area contributed by atoms with Gasteiger partial charge in [0.15, 0.2) is 0 Å². The number of methoxy groups -OCH3 is 1. The molecule has 1 aromatic rings. The Bertz CT molecular complexity index is 689. The summed E-state index contributed by atoms with van der Waals surface area (Å²) in [7, 11) is 1.63. The third-order valence-corrected chi connectivity index (χ3v) is 6.55. The first-order valence-electron chi connectivity index (χ1n) is 10.8.